The van der Waals surface area contributed by atoms with Gasteiger partial charge in [0.15, 0.2) is 0 Å². The first-order valence-corrected chi connectivity index (χ1v) is 10.6. The van der Waals surface area contributed by atoms with Crippen LogP contribution in [0.3, 0.4) is 0 Å². The summed E-state index contributed by atoms with van der Waals surface area (Å²) in [6, 6.07) is 23.2. The van der Waals surface area contributed by atoms with Crippen molar-refractivity contribution in [2.75, 3.05) is 31.1 Å². The number of anilines is 1. The molecule has 1 fully saturated rings. The monoisotopic (exact) mass is 420 g/mol. The molecule has 3 aromatic carbocycles. The van der Waals surface area contributed by atoms with E-state index in [1.807, 2.05) is 36.4 Å². The molecule has 0 N–H and O–H groups in total. The van der Waals surface area contributed by atoms with Crippen molar-refractivity contribution in [3.63, 3.8) is 0 Å². The Hall–Kier alpha value is -2.92. The van der Waals surface area contributed by atoms with Crippen LogP contribution in [0.1, 0.15) is 16.7 Å². The minimum Gasteiger partial charge on any atom is -0.488 e. The fraction of sp³-hybridized carbons (Fsp3) is 0.240. The van der Waals surface area contributed by atoms with Gasteiger partial charge >= 0.3 is 0 Å². The van der Waals surface area contributed by atoms with Crippen molar-refractivity contribution in [1.82, 2.24) is 4.90 Å². The highest BCUT2D eigenvalue weighted by atomic mass is 32.1. The molecule has 5 heteroatoms. The van der Waals surface area contributed by atoms with Crippen molar-refractivity contribution < 1.29 is 9.13 Å². The maximum absolute atomic E-state index is 14.1. The highest BCUT2D eigenvalue weighted by Gasteiger charge is 2.23. The van der Waals surface area contributed by atoms with Gasteiger partial charge in [-0.1, -0.05) is 66.3 Å². The molecular weight excluding hydrogens is 395 g/mol. The van der Waals surface area contributed by atoms with Crippen molar-refractivity contribution in [3.05, 3.63) is 95.3 Å². The number of nitrogens with zero attached hydrogens (tertiary/aromatic N) is 2. The van der Waals surface area contributed by atoms with Crippen LogP contribution in [0.25, 0.3) is 0 Å². The highest BCUT2D eigenvalue weighted by molar-refractivity contribution is 7.80. The molecule has 0 spiro atoms. The molecule has 1 heterocycles. The molecule has 3 aromatic rings. The normalized spacial score (nSPS) is 13.9. The molecule has 0 unspecified atom stereocenters. The second-order valence-electron chi connectivity index (χ2n) is 7.50. The number of piperazine rings is 1. The zero-order chi connectivity index (χ0) is 20.9. The van der Waals surface area contributed by atoms with Gasteiger partial charge < -0.3 is 14.5 Å². The quantitative estimate of drug-likeness (QED) is 0.526. The van der Waals surface area contributed by atoms with Gasteiger partial charge in [0.05, 0.1) is 11.3 Å². The number of ether oxygens (including phenoxy) is 1. The second-order valence-corrected chi connectivity index (χ2v) is 7.89. The van der Waals surface area contributed by atoms with Crippen molar-refractivity contribution in [3.8, 4) is 5.75 Å². The number of halogens is 1. The lowest BCUT2D eigenvalue weighted by molar-refractivity contribution is 0.304. The standard InChI is InChI=1S/C25H25FN2OS/c1-19-10-12-20(13-11-19)18-29-24-9-5-2-6-21(24)25(30)28-16-14-27(15-17-28)23-8-4-3-7-22(23)26/h2-13H,14-18H2,1H3. The molecule has 1 aliphatic rings. The number of aryl methyl sites for hydroxylation is 1. The van der Waals surface area contributed by atoms with Crippen LogP contribution in [-0.4, -0.2) is 36.1 Å². The Labute approximate surface area is 182 Å². The number of rotatable bonds is 5. The Kier molecular flexibility index (Phi) is 6.29. The molecule has 0 bridgehead atoms. The molecular formula is C25H25FN2OS. The summed E-state index contributed by atoms with van der Waals surface area (Å²) in [6.07, 6.45) is 0. The molecule has 4 rings (SSSR count). The Morgan fingerprint density at radius 3 is 2.30 bits per heavy atom. The van der Waals surface area contributed by atoms with E-state index in [0.717, 1.165) is 48.0 Å². The number of benzene rings is 3. The van der Waals surface area contributed by atoms with Crippen molar-refractivity contribution >= 4 is 22.9 Å². The van der Waals surface area contributed by atoms with Crippen molar-refractivity contribution in [2.24, 2.45) is 0 Å². The van der Waals surface area contributed by atoms with E-state index in [4.69, 9.17) is 17.0 Å². The Bertz CT molecular complexity index is 1010. The third-order valence-electron chi connectivity index (χ3n) is 5.39. The molecule has 154 valence electrons. The molecule has 30 heavy (non-hydrogen) atoms. The van der Waals surface area contributed by atoms with E-state index in [2.05, 4.69) is 41.0 Å². The molecule has 0 radical (unpaired) electrons. The molecule has 1 aliphatic heterocycles. The van der Waals surface area contributed by atoms with Crippen LogP contribution in [0.4, 0.5) is 10.1 Å². The van der Waals surface area contributed by atoms with Crippen LogP contribution in [0.2, 0.25) is 0 Å². The van der Waals surface area contributed by atoms with Crippen LogP contribution in [0.15, 0.2) is 72.8 Å². The third kappa shape index (κ3) is 4.62. The summed E-state index contributed by atoms with van der Waals surface area (Å²) in [5.41, 5.74) is 3.94. The summed E-state index contributed by atoms with van der Waals surface area (Å²) in [7, 11) is 0. The van der Waals surface area contributed by atoms with E-state index in [1.165, 1.54) is 11.6 Å². The Balaban J connectivity index is 1.41. The number of para-hydroxylation sites is 2. The molecule has 0 aromatic heterocycles. The van der Waals surface area contributed by atoms with Gasteiger partial charge in [-0.15, -0.1) is 0 Å². The first kappa shape index (κ1) is 20.4. The molecule has 0 saturated carbocycles. The first-order valence-electron chi connectivity index (χ1n) is 10.2. The van der Waals surface area contributed by atoms with Gasteiger partial charge in [-0.2, -0.15) is 0 Å². The summed E-state index contributed by atoms with van der Waals surface area (Å²) in [5, 5.41) is 0. The SMILES string of the molecule is Cc1ccc(COc2ccccc2C(=S)N2CCN(c3ccccc3F)CC2)cc1. The van der Waals surface area contributed by atoms with Crippen LogP contribution in [0, 0.1) is 12.7 Å². The van der Waals surface area contributed by atoms with Gasteiger partial charge in [-0.3, -0.25) is 0 Å². The zero-order valence-corrected chi connectivity index (χ0v) is 17.9. The van der Waals surface area contributed by atoms with E-state index in [1.54, 1.807) is 6.07 Å². The molecule has 0 amide bonds. The van der Waals surface area contributed by atoms with Crippen molar-refractivity contribution in [1.29, 1.82) is 0 Å². The first-order chi connectivity index (χ1) is 14.6. The van der Waals surface area contributed by atoms with E-state index in [-0.39, 0.29) is 5.82 Å². The Morgan fingerprint density at radius 2 is 1.57 bits per heavy atom. The number of hydrogen-bond acceptors (Lipinski definition) is 3. The van der Waals surface area contributed by atoms with Gasteiger partial charge in [0.25, 0.3) is 0 Å². The third-order valence-corrected chi connectivity index (χ3v) is 5.87. The van der Waals surface area contributed by atoms with E-state index < -0.39 is 0 Å². The lowest BCUT2D eigenvalue weighted by Gasteiger charge is -2.37. The lowest BCUT2D eigenvalue weighted by Crippen LogP contribution is -2.48. The average molecular weight is 421 g/mol. The fourth-order valence-electron chi connectivity index (χ4n) is 3.64. The smallest absolute Gasteiger partial charge is 0.146 e. The fourth-order valence-corrected chi connectivity index (χ4v) is 3.99. The molecule has 0 aliphatic carbocycles. The van der Waals surface area contributed by atoms with Crippen LogP contribution in [0.5, 0.6) is 5.75 Å². The summed E-state index contributed by atoms with van der Waals surface area (Å²) in [4.78, 5) is 5.04. The topological polar surface area (TPSA) is 15.7 Å². The minimum absolute atomic E-state index is 0.177. The van der Waals surface area contributed by atoms with E-state index in [0.29, 0.717) is 12.3 Å². The summed E-state index contributed by atoms with van der Waals surface area (Å²) in [5.74, 6) is 0.614. The van der Waals surface area contributed by atoms with Gasteiger partial charge in [0.1, 0.15) is 23.2 Å². The van der Waals surface area contributed by atoms with Gasteiger partial charge in [0, 0.05) is 26.2 Å². The molecule has 1 saturated heterocycles. The van der Waals surface area contributed by atoms with E-state index in [9.17, 15) is 4.39 Å². The summed E-state index contributed by atoms with van der Waals surface area (Å²) in [6.45, 7) is 5.53. The second kappa shape index (κ2) is 9.26. The minimum atomic E-state index is -0.177. The predicted octanol–water partition coefficient (Wildman–Crippen LogP) is 5.21. The van der Waals surface area contributed by atoms with E-state index >= 15 is 0 Å². The largest absolute Gasteiger partial charge is 0.488 e. The van der Waals surface area contributed by atoms with Crippen LogP contribution < -0.4 is 9.64 Å². The van der Waals surface area contributed by atoms with Crippen LogP contribution >= 0.6 is 12.2 Å². The van der Waals surface area contributed by atoms with Crippen LogP contribution in [-0.2, 0) is 6.61 Å². The lowest BCUT2D eigenvalue weighted by atomic mass is 10.1. The van der Waals surface area contributed by atoms with Crippen molar-refractivity contribution in [2.45, 2.75) is 13.5 Å². The number of thiocarbonyl (C=S) groups is 1. The zero-order valence-electron chi connectivity index (χ0n) is 17.1. The summed E-state index contributed by atoms with van der Waals surface area (Å²) < 4.78 is 20.2. The number of hydrogen-bond donors (Lipinski definition) is 0. The average Bonchev–Trinajstić information content (AvgIpc) is 2.79. The maximum Gasteiger partial charge on any atom is 0.146 e. The van der Waals surface area contributed by atoms with Gasteiger partial charge in [-0.05, 0) is 36.8 Å². The van der Waals surface area contributed by atoms with Gasteiger partial charge in [0.2, 0.25) is 0 Å². The summed E-state index contributed by atoms with van der Waals surface area (Å²) >= 11 is 5.81. The molecule has 0 atom stereocenters. The Morgan fingerprint density at radius 1 is 0.900 bits per heavy atom. The highest BCUT2D eigenvalue weighted by Crippen LogP contribution is 2.25. The maximum atomic E-state index is 14.1. The molecule has 3 nitrogen and oxygen atoms in total. The predicted molar refractivity (Wildman–Crippen MR) is 124 cm³/mol. The van der Waals surface area contributed by atoms with Gasteiger partial charge in [-0.25, -0.2) is 4.39 Å².